The molecule has 0 spiro atoms. The Kier molecular flexibility index (Phi) is 4.19. The number of aliphatic hydroxyl groups is 1. The topological polar surface area (TPSA) is 32.3 Å². The van der Waals surface area contributed by atoms with Gasteiger partial charge in [0.1, 0.15) is 0 Å². The molecule has 1 unspecified atom stereocenters. The number of hydrogen-bond acceptors (Lipinski definition) is 2. The summed E-state index contributed by atoms with van der Waals surface area (Å²) in [6.07, 6.45) is 6.11. The summed E-state index contributed by atoms with van der Waals surface area (Å²) < 4.78 is 0. The fourth-order valence-corrected chi connectivity index (χ4v) is 2.45. The van der Waals surface area contributed by atoms with Crippen LogP contribution >= 0.6 is 0 Å². The fraction of sp³-hybridized carbons (Fsp3) is 1.00. The average Bonchev–Trinajstić information content (AvgIpc) is 1.99. The first kappa shape index (κ1) is 13.0. The summed E-state index contributed by atoms with van der Waals surface area (Å²) in [5, 5.41) is 13.2. The van der Waals surface area contributed by atoms with Gasteiger partial charge < -0.3 is 10.4 Å². The molecule has 0 saturated heterocycles. The molecule has 0 aromatic heterocycles. The second kappa shape index (κ2) is 4.84. The van der Waals surface area contributed by atoms with Crippen LogP contribution in [0.3, 0.4) is 0 Å². The fourth-order valence-electron chi connectivity index (χ4n) is 2.45. The Morgan fingerprint density at radius 1 is 1.40 bits per heavy atom. The molecule has 0 radical (unpaired) electrons. The zero-order valence-corrected chi connectivity index (χ0v) is 10.8. The van der Waals surface area contributed by atoms with Crippen molar-refractivity contribution < 1.29 is 5.11 Å². The van der Waals surface area contributed by atoms with Gasteiger partial charge in [-0.05, 0) is 51.5 Å². The Hall–Kier alpha value is -0.0800. The quantitative estimate of drug-likeness (QED) is 0.752. The van der Waals surface area contributed by atoms with Crippen LogP contribution in [0.5, 0.6) is 0 Å². The highest BCUT2D eigenvalue weighted by Crippen LogP contribution is 2.35. The lowest BCUT2D eigenvalue weighted by molar-refractivity contribution is 0.0687. The molecule has 1 aliphatic rings. The summed E-state index contributed by atoms with van der Waals surface area (Å²) in [6.45, 7) is 9.40. The molecule has 1 fully saturated rings. The monoisotopic (exact) mass is 213 g/mol. The van der Waals surface area contributed by atoms with E-state index >= 15 is 0 Å². The van der Waals surface area contributed by atoms with Crippen LogP contribution in [-0.2, 0) is 0 Å². The minimum absolute atomic E-state index is 0.505. The van der Waals surface area contributed by atoms with Gasteiger partial charge in [-0.15, -0.1) is 0 Å². The van der Waals surface area contributed by atoms with Crippen molar-refractivity contribution in [3.63, 3.8) is 0 Å². The maximum absolute atomic E-state index is 9.61. The highest BCUT2D eigenvalue weighted by Gasteiger charge is 2.27. The van der Waals surface area contributed by atoms with Crippen molar-refractivity contribution in [1.29, 1.82) is 0 Å². The zero-order chi connectivity index (χ0) is 11.5. The Bertz CT molecular complexity index is 193. The van der Waals surface area contributed by atoms with E-state index in [2.05, 4.69) is 19.2 Å². The standard InChI is InChI=1S/C13H27NO/c1-12(2)7-5-6-11(10-12)14-9-8-13(3,4)15/h11,14-15H,5-10H2,1-4H3. The number of rotatable bonds is 4. The van der Waals surface area contributed by atoms with Crippen molar-refractivity contribution in [3.05, 3.63) is 0 Å². The lowest BCUT2D eigenvalue weighted by atomic mass is 9.75. The summed E-state index contributed by atoms with van der Waals surface area (Å²) in [6, 6.07) is 0.663. The Morgan fingerprint density at radius 2 is 2.07 bits per heavy atom. The lowest BCUT2D eigenvalue weighted by Gasteiger charge is -2.36. The van der Waals surface area contributed by atoms with Crippen LogP contribution in [0.25, 0.3) is 0 Å². The van der Waals surface area contributed by atoms with Gasteiger partial charge in [0.05, 0.1) is 5.60 Å². The van der Waals surface area contributed by atoms with Gasteiger partial charge in [-0.25, -0.2) is 0 Å². The predicted octanol–water partition coefficient (Wildman–Crippen LogP) is 2.71. The smallest absolute Gasteiger partial charge is 0.0603 e. The molecule has 0 bridgehead atoms. The molecule has 0 aliphatic heterocycles. The molecule has 2 nitrogen and oxygen atoms in total. The van der Waals surface area contributed by atoms with Crippen molar-refractivity contribution in [1.82, 2.24) is 5.32 Å². The molecule has 0 amide bonds. The van der Waals surface area contributed by atoms with Gasteiger partial charge in [-0.1, -0.05) is 20.3 Å². The molecule has 15 heavy (non-hydrogen) atoms. The van der Waals surface area contributed by atoms with Crippen LogP contribution in [0, 0.1) is 5.41 Å². The van der Waals surface area contributed by atoms with Crippen molar-refractivity contribution in [2.45, 2.75) is 71.4 Å². The van der Waals surface area contributed by atoms with E-state index in [1.54, 1.807) is 0 Å². The van der Waals surface area contributed by atoms with Gasteiger partial charge in [-0.3, -0.25) is 0 Å². The SMILES string of the molecule is CC(C)(O)CCNC1CCCC(C)(C)C1. The van der Waals surface area contributed by atoms with Gasteiger partial charge in [0.25, 0.3) is 0 Å². The van der Waals surface area contributed by atoms with E-state index in [0.717, 1.165) is 13.0 Å². The van der Waals surface area contributed by atoms with E-state index in [1.165, 1.54) is 25.7 Å². The summed E-state index contributed by atoms with van der Waals surface area (Å²) in [5.74, 6) is 0. The molecule has 90 valence electrons. The van der Waals surface area contributed by atoms with E-state index in [0.29, 0.717) is 11.5 Å². The van der Waals surface area contributed by atoms with Crippen LogP contribution < -0.4 is 5.32 Å². The first-order valence-electron chi connectivity index (χ1n) is 6.24. The lowest BCUT2D eigenvalue weighted by Crippen LogP contribution is -2.39. The maximum atomic E-state index is 9.61. The van der Waals surface area contributed by atoms with Gasteiger partial charge in [-0.2, -0.15) is 0 Å². The van der Waals surface area contributed by atoms with E-state index in [4.69, 9.17) is 0 Å². The zero-order valence-electron chi connectivity index (χ0n) is 10.8. The van der Waals surface area contributed by atoms with Gasteiger partial charge in [0.15, 0.2) is 0 Å². The molecular formula is C13H27NO. The molecule has 1 atom stereocenters. The molecule has 2 heteroatoms. The highest BCUT2D eigenvalue weighted by molar-refractivity contribution is 4.83. The highest BCUT2D eigenvalue weighted by atomic mass is 16.3. The van der Waals surface area contributed by atoms with E-state index in [1.807, 2.05) is 13.8 Å². The van der Waals surface area contributed by atoms with Gasteiger partial charge in [0.2, 0.25) is 0 Å². The first-order valence-corrected chi connectivity index (χ1v) is 6.24. The maximum Gasteiger partial charge on any atom is 0.0603 e. The average molecular weight is 213 g/mol. The van der Waals surface area contributed by atoms with Crippen molar-refractivity contribution in [2.75, 3.05) is 6.54 Å². The van der Waals surface area contributed by atoms with Crippen LogP contribution in [-0.4, -0.2) is 23.3 Å². The molecule has 1 aliphatic carbocycles. The van der Waals surface area contributed by atoms with E-state index in [9.17, 15) is 5.11 Å². The van der Waals surface area contributed by atoms with Gasteiger partial charge in [0, 0.05) is 6.04 Å². The van der Waals surface area contributed by atoms with Crippen molar-refractivity contribution in [3.8, 4) is 0 Å². The second-order valence-corrected chi connectivity index (χ2v) is 6.47. The molecule has 1 rings (SSSR count). The molecule has 1 saturated carbocycles. The molecule has 2 N–H and O–H groups in total. The summed E-state index contributed by atoms with van der Waals surface area (Å²) in [7, 11) is 0. The normalized spacial score (nSPS) is 26.6. The molecule has 0 aromatic rings. The van der Waals surface area contributed by atoms with Crippen molar-refractivity contribution >= 4 is 0 Å². The molecule has 0 heterocycles. The Labute approximate surface area is 94.5 Å². The largest absolute Gasteiger partial charge is 0.390 e. The third-order valence-corrected chi connectivity index (χ3v) is 3.37. The summed E-state index contributed by atoms with van der Waals surface area (Å²) in [5.41, 5.74) is -0.0260. The minimum Gasteiger partial charge on any atom is -0.390 e. The Balaban J connectivity index is 2.22. The number of nitrogens with one attached hydrogen (secondary N) is 1. The third-order valence-electron chi connectivity index (χ3n) is 3.37. The second-order valence-electron chi connectivity index (χ2n) is 6.47. The Morgan fingerprint density at radius 3 is 2.60 bits per heavy atom. The van der Waals surface area contributed by atoms with E-state index in [-0.39, 0.29) is 0 Å². The van der Waals surface area contributed by atoms with E-state index < -0.39 is 5.60 Å². The number of hydrogen-bond donors (Lipinski definition) is 2. The summed E-state index contributed by atoms with van der Waals surface area (Å²) >= 11 is 0. The molecule has 0 aromatic carbocycles. The van der Waals surface area contributed by atoms with Crippen molar-refractivity contribution in [2.24, 2.45) is 5.41 Å². The first-order chi connectivity index (χ1) is 6.79. The van der Waals surface area contributed by atoms with Crippen LogP contribution in [0.2, 0.25) is 0 Å². The minimum atomic E-state index is -0.531. The third kappa shape index (κ3) is 5.53. The summed E-state index contributed by atoms with van der Waals surface area (Å²) in [4.78, 5) is 0. The predicted molar refractivity (Wildman–Crippen MR) is 65.0 cm³/mol. The molecular weight excluding hydrogens is 186 g/mol. The van der Waals surface area contributed by atoms with Crippen LogP contribution in [0.4, 0.5) is 0 Å². The van der Waals surface area contributed by atoms with Gasteiger partial charge >= 0.3 is 0 Å². The van der Waals surface area contributed by atoms with Crippen LogP contribution in [0.15, 0.2) is 0 Å². The van der Waals surface area contributed by atoms with Crippen LogP contribution in [0.1, 0.15) is 59.8 Å².